The molecule has 2 heterocycles. The highest BCUT2D eigenvalue weighted by atomic mass is 19.1. The molecule has 2 aromatic heterocycles. The number of aromatic nitrogens is 4. The quantitative estimate of drug-likeness (QED) is 0.706. The van der Waals surface area contributed by atoms with Crippen LogP contribution in [0.15, 0.2) is 35.3 Å². The van der Waals surface area contributed by atoms with Crippen LogP contribution in [0.4, 0.5) is 4.39 Å². The van der Waals surface area contributed by atoms with E-state index < -0.39 is 0 Å². The van der Waals surface area contributed by atoms with Gasteiger partial charge in [0, 0.05) is 5.39 Å². The predicted molar refractivity (Wildman–Crippen MR) is 64.2 cm³/mol. The third-order valence-corrected chi connectivity index (χ3v) is 2.77. The van der Waals surface area contributed by atoms with Crippen molar-refractivity contribution in [3.05, 3.63) is 52.3 Å². The summed E-state index contributed by atoms with van der Waals surface area (Å²) in [6.45, 7) is 1.79. The molecule has 1 N–H and O–H groups in total. The van der Waals surface area contributed by atoms with E-state index in [9.17, 15) is 9.18 Å². The average Bonchev–Trinajstić information content (AvgIpc) is 2.81. The Morgan fingerprint density at radius 2 is 2.00 bits per heavy atom. The van der Waals surface area contributed by atoms with Crippen molar-refractivity contribution in [1.82, 2.24) is 20.0 Å². The zero-order valence-electron chi connectivity index (χ0n) is 9.51. The molecule has 0 unspecified atom stereocenters. The summed E-state index contributed by atoms with van der Waals surface area (Å²) in [4.78, 5) is 11.8. The maximum absolute atomic E-state index is 12.9. The summed E-state index contributed by atoms with van der Waals surface area (Å²) in [5.74, 6) is -0.332. The van der Waals surface area contributed by atoms with Gasteiger partial charge in [-0.1, -0.05) is 0 Å². The molecule has 0 aliphatic heterocycles. The molecule has 0 saturated heterocycles. The van der Waals surface area contributed by atoms with Crippen molar-refractivity contribution in [3.63, 3.8) is 0 Å². The Bertz CT molecular complexity index is 773. The summed E-state index contributed by atoms with van der Waals surface area (Å²) >= 11 is 0. The number of nitrogens with zero attached hydrogens (tertiary/aromatic N) is 3. The molecule has 0 radical (unpaired) electrons. The fourth-order valence-electron chi connectivity index (χ4n) is 1.86. The Balaban J connectivity index is 2.34. The highest BCUT2D eigenvalue weighted by Gasteiger charge is 2.11. The lowest BCUT2D eigenvalue weighted by atomic mass is 10.2. The van der Waals surface area contributed by atoms with Crippen molar-refractivity contribution in [3.8, 4) is 5.69 Å². The molecule has 18 heavy (non-hydrogen) atoms. The van der Waals surface area contributed by atoms with Gasteiger partial charge in [0.2, 0.25) is 0 Å². The van der Waals surface area contributed by atoms with Gasteiger partial charge in [-0.05, 0) is 31.2 Å². The van der Waals surface area contributed by atoms with Crippen LogP contribution in [-0.2, 0) is 0 Å². The SMILES string of the molecule is Cc1n[nH]c(=O)c2c1cnn2-c1ccc(F)cc1. The van der Waals surface area contributed by atoms with Crippen molar-refractivity contribution >= 4 is 10.9 Å². The summed E-state index contributed by atoms with van der Waals surface area (Å²) in [5, 5.41) is 11.1. The largest absolute Gasteiger partial charge is 0.290 e. The molecule has 3 aromatic rings. The lowest BCUT2D eigenvalue weighted by molar-refractivity contribution is 0.627. The summed E-state index contributed by atoms with van der Waals surface area (Å²) in [6, 6.07) is 5.78. The fourth-order valence-corrected chi connectivity index (χ4v) is 1.86. The molecule has 0 saturated carbocycles. The van der Waals surface area contributed by atoms with Crippen molar-refractivity contribution in [2.75, 3.05) is 0 Å². The Hall–Kier alpha value is -2.50. The minimum atomic E-state index is -0.332. The maximum Gasteiger partial charge on any atom is 0.290 e. The summed E-state index contributed by atoms with van der Waals surface area (Å²) in [6.07, 6.45) is 1.58. The average molecular weight is 244 g/mol. The first kappa shape index (κ1) is 10.6. The molecule has 90 valence electrons. The Morgan fingerprint density at radius 1 is 1.28 bits per heavy atom. The number of hydrogen-bond donors (Lipinski definition) is 1. The van der Waals surface area contributed by atoms with E-state index in [0.717, 1.165) is 0 Å². The number of H-pyrrole nitrogens is 1. The number of aromatic amines is 1. The van der Waals surface area contributed by atoms with E-state index in [1.165, 1.54) is 16.8 Å². The molecule has 0 aliphatic rings. The Morgan fingerprint density at radius 3 is 2.72 bits per heavy atom. The number of fused-ring (bicyclic) bond motifs is 1. The Labute approximate surface area is 101 Å². The summed E-state index contributed by atoms with van der Waals surface area (Å²) in [7, 11) is 0. The molecular formula is C12H9FN4O. The van der Waals surface area contributed by atoms with Crippen LogP contribution in [0.1, 0.15) is 5.69 Å². The van der Waals surface area contributed by atoms with E-state index in [0.29, 0.717) is 22.3 Å². The van der Waals surface area contributed by atoms with E-state index in [2.05, 4.69) is 15.3 Å². The second-order valence-corrected chi connectivity index (χ2v) is 3.93. The topological polar surface area (TPSA) is 63.6 Å². The van der Waals surface area contributed by atoms with Gasteiger partial charge in [0.1, 0.15) is 11.3 Å². The lowest BCUT2D eigenvalue weighted by Gasteiger charge is -2.02. The number of nitrogens with one attached hydrogen (secondary N) is 1. The van der Waals surface area contributed by atoms with Gasteiger partial charge >= 0.3 is 0 Å². The maximum atomic E-state index is 12.9. The summed E-state index contributed by atoms with van der Waals surface area (Å²) < 4.78 is 14.4. The minimum Gasteiger partial charge on any atom is -0.266 e. The normalized spacial score (nSPS) is 11.0. The zero-order chi connectivity index (χ0) is 12.7. The van der Waals surface area contributed by atoms with Crippen LogP contribution in [0, 0.1) is 12.7 Å². The predicted octanol–water partition coefficient (Wildman–Crippen LogP) is 1.56. The highest BCUT2D eigenvalue weighted by Crippen LogP contribution is 2.16. The second kappa shape index (κ2) is 3.76. The van der Waals surface area contributed by atoms with Gasteiger partial charge < -0.3 is 0 Å². The second-order valence-electron chi connectivity index (χ2n) is 3.93. The van der Waals surface area contributed by atoms with Gasteiger partial charge in [0.15, 0.2) is 0 Å². The monoisotopic (exact) mass is 244 g/mol. The van der Waals surface area contributed by atoms with Crippen molar-refractivity contribution in [2.45, 2.75) is 6.92 Å². The van der Waals surface area contributed by atoms with Gasteiger partial charge in [-0.25, -0.2) is 14.2 Å². The molecule has 0 bridgehead atoms. The first-order valence-corrected chi connectivity index (χ1v) is 5.36. The van der Waals surface area contributed by atoms with Crippen LogP contribution in [0.2, 0.25) is 0 Å². The first-order valence-electron chi connectivity index (χ1n) is 5.36. The van der Waals surface area contributed by atoms with Gasteiger partial charge in [-0.2, -0.15) is 10.2 Å². The third kappa shape index (κ3) is 1.50. The first-order chi connectivity index (χ1) is 8.66. The van der Waals surface area contributed by atoms with Gasteiger partial charge in [-0.3, -0.25) is 4.79 Å². The van der Waals surface area contributed by atoms with E-state index in [1.807, 2.05) is 0 Å². The van der Waals surface area contributed by atoms with Gasteiger partial charge in [0.05, 0.1) is 17.6 Å². The van der Waals surface area contributed by atoms with Crippen molar-refractivity contribution < 1.29 is 4.39 Å². The highest BCUT2D eigenvalue weighted by molar-refractivity contribution is 5.81. The molecular weight excluding hydrogens is 235 g/mol. The molecule has 5 nitrogen and oxygen atoms in total. The molecule has 0 aliphatic carbocycles. The van der Waals surface area contributed by atoms with Crippen molar-refractivity contribution in [2.24, 2.45) is 0 Å². The van der Waals surface area contributed by atoms with E-state index in [4.69, 9.17) is 0 Å². The molecule has 0 amide bonds. The van der Waals surface area contributed by atoms with E-state index in [1.54, 1.807) is 25.3 Å². The van der Waals surface area contributed by atoms with Crippen LogP contribution >= 0.6 is 0 Å². The zero-order valence-corrected chi connectivity index (χ0v) is 9.51. The number of benzene rings is 1. The van der Waals surface area contributed by atoms with Crippen LogP contribution in [0.25, 0.3) is 16.6 Å². The molecule has 0 fully saturated rings. The van der Waals surface area contributed by atoms with Crippen LogP contribution in [-0.4, -0.2) is 20.0 Å². The van der Waals surface area contributed by atoms with E-state index in [-0.39, 0.29) is 11.4 Å². The Kier molecular flexibility index (Phi) is 2.22. The molecule has 0 spiro atoms. The fraction of sp³-hybridized carbons (Fsp3) is 0.0833. The standard InChI is InChI=1S/C12H9FN4O/c1-7-10-6-14-17(11(10)12(18)16-15-7)9-4-2-8(13)3-5-9/h2-6H,1H3,(H,16,18). The van der Waals surface area contributed by atoms with Crippen molar-refractivity contribution in [1.29, 1.82) is 0 Å². The molecule has 0 atom stereocenters. The number of aryl methyl sites for hydroxylation is 1. The number of halogens is 1. The smallest absolute Gasteiger partial charge is 0.266 e. The molecule has 6 heteroatoms. The van der Waals surface area contributed by atoms with Gasteiger partial charge in [0.25, 0.3) is 5.56 Å². The third-order valence-electron chi connectivity index (χ3n) is 2.77. The van der Waals surface area contributed by atoms with Gasteiger partial charge in [-0.15, -0.1) is 0 Å². The number of rotatable bonds is 1. The van der Waals surface area contributed by atoms with Crippen LogP contribution in [0.5, 0.6) is 0 Å². The summed E-state index contributed by atoms with van der Waals surface area (Å²) in [5.41, 5.74) is 1.41. The lowest BCUT2D eigenvalue weighted by Crippen LogP contribution is -2.13. The minimum absolute atomic E-state index is 0.322. The van der Waals surface area contributed by atoms with Crippen LogP contribution in [0.3, 0.4) is 0 Å². The van der Waals surface area contributed by atoms with E-state index >= 15 is 0 Å². The molecule has 3 rings (SSSR count). The molecule has 1 aromatic carbocycles. The van der Waals surface area contributed by atoms with Crippen LogP contribution < -0.4 is 5.56 Å². The number of hydrogen-bond acceptors (Lipinski definition) is 3.